The molecule has 2 saturated heterocycles. The Bertz CT molecular complexity index is 1480. The van der Waals surface area contributed by atoms with Gasteiger partial charge in [0.05, 0.1) is 31.4 Å². The number of hydrogen-bond acceptors (Lipinski definition) is 10. The molecule has 4 aliphatic heterocycles. The van der Waals surface area contributed by atoms with E-state index in [-0.39, 0.29) is 29.8 Å². The van der Waals surface area contributed by atoms with Crippen LogP contribution in [0.2, 0.25) is 0 Å². The summed E-state index contributed by atoms with van der Waals surface area (Å²) < 4.78 is 3.43. The van der Waals surface area contributed by atoms with Crippen molar-refractivity contribution in [2.75, 3.05) is 11.4 Å². The van der Waals surface area contributed by atoms with E-state index in [0.717, 1.165) is 31.3 Å². The average Bonchev–Trinajstić information content (AvgIpc) is 3.72. The van der Waals surface area contributed by atoms with Crippen LogP contribution in [0.1, 0.15) is 38.5 Å². The summed E-state index contributed by atoms with van der Waals surface area (Å²) in [5.41, 5.74) is 2.46. The first-order valence-corrected chi connectivity index (χ1v) is 15.1. The Morgan fingerprint density at radius 3 is 2.84 bits per heavy atom. The van der Waals surface area contributed by atoms with Crippen LogP contribution >= 0.6 is 11.9 Å². The van der Waals surface area contributed by atoms with Crippen LogP contribution in [0.25, 0.3) is 0 Å². The van der Waals surface area contributed by atoms with E-state index in [2.05, 4.69) is 15.5 Å². The molecule has 226 valence electrons. The number of aliphatic imine (C=N–C) groups is 1. The molecular weight excluding hydrogens is 576 g/mol. The Labute approximate surface area is 252 Å². The molecule has 3 unspecified atom stereocenters. The monoisotopic (exact) mass is 609 g/mol. The Morgan fingerprint density at radius 2 is 2.09 bits per heavy atom. The number of hydrazine groups is 1. The maximum atomic E-state index is 13.2. The SMILES string of the molecule is C[n+]1ccccc1N1CC/C(=C\C2=C(C(=O)O)N3C(=O)[C@@H](NC(=O)/C=N\OC4CCCC4C4N=CSN4N)[C@H]3CC2)C1=O. The van der Waals surface area contributed by atoms with Gasteiger partial charge in [0.25, 0.3) is 17.6 Å². The number of amides is 3. The molecule has 0 radical (unpaired) electrons. The Morgan fingerprint density at radius 1 is 1.26 bits per heavy atom. The Balaban J connectivity index is 1.09. The van der Waals surface area contributed by atoms with Gasteiger partial charge in [0.2, 0.25) is 0 Å². The zero-order chi connectivity index (χ0) is 30.2. The Kier molecular flexibility index (Phi) is 8.03. The number of hydrogen-bond donors (Lipinski definition) is 3. The first-order chi connectivity index (χ1) is 20.7. The van der Waals surface area contributed by atoms with Gasteiger partial charge in [-0.25, -0.2) is 14.2 Å². The highest BCUT2D eigenvalue weighted by molar-refractivity contribution is 8.10. The minimum atomic E-state index is -1.26. The van der Waals surface area contributed by atoms with E-state index in [1.807, 2.05) is 36.0 Å². The summed E-state index contributed by atoms with van der Waals surface area (Å²) >= 11 is 1.32. The van der Waals surface area contributed by atoms with E-state index in [1.54, 1.807) is 20.9 Å². The minimum absolute atomic E-state index is 0.0507. The smallest absolute Gasteiger partial charge is 0.352 e. The second kappa shape index (κ2) is 11.9. The van der Waals surface area contributed by atoms with E-state index < -0.39 is 29.9 Å². The number of carboxylic acid groups (broad SMARTS) is 1. The summed E-state index contributed by atoms with van der Waals surface area (Å²) in [5.74, 6) is 4.19. The molecule has 6 rings (SSSR count). The summed E-state index contributed by atoms with van der Waals surface area (Å²) in [6.07, 6.45) is 7.85. The molecule has 5 aliphatic rings. The zero-order valence-electron chi connectivity index (χ0n) is 23.5. The van der Waals surface area contributed by atoms with Crippen LogP contribution in [0.5, 0.6) is 0 Å². The normalized spacial score (nSPS) is 30.0. The molecule has 14 nitrogen and oxygen atoms in total. The number of carbonyl (C=O) groups is 4. The number of aryl methyl sites for hydroxylation is 1. The molecule has 0 bridgehead atoms. The fourth-order valence-electron chi connectivity index (χ4n) is 6.55. The van der Waals surface area contributed by atoms with Gasteiger partial charge in [0.15, 0.2) is 0 Å². The number of carboxylic acids is 1. The van der Waals surface area contributed by atoms with Crippen molar-refractivity contribution in [3.8, 4) is 0 Å². The van der Waals surface area contributed by atoms with E-state index in [0.29, 0.717) is 37.0 Å². The first-order valence-electron chi connectivity index (χ1n) is 14.2. The quantitative estimate of drug-likeness (QED) is 0.0715. The fraction of sp³-hybridized carbons (Fsp3) is 0.464. The van der Waals surface area contributed by atoms with E-state index in [1.165, 1.54) is 16.8 Å². The van der Waals surface area contributed by atoms with Crippen molar-refractivity contribution in [2.45, 2.75) is 62.9 Å². The molecule has 1 aromatic heterocycles. The fourth-order valence-corrected chi connectivity index (χ4v) is 7.17. The second-order valence-electron chi connectivity index (χ2n) is 11.1. The summed E-state index contributed by atoms with van der Waals surface area (Å²) in [6.45, 7) is 0.475. The largest absolute Gasteiger partial charge is 0.477 e. The topological polar surface area (TPSA) is 174 Å². The third kappa shape index (κ3) is 5.43. The lowest BCUT2D eigenvalue weighted by Gasteiger charge is -2.49. The van der Waals surface area contributed by atoms with Gasteiger partial charge in [0, 0.05) is 24.0 Å². The van der Waals surface area contributed by atoms with Crippen molar-refractivity contribution in [1.29, 1.82) is 0 Å². The van der Waals surface area contributed by atoms with E-state index in [4.69, 9.17) is 10.7 Å². The number of β-lactam (4-membered cyclic amide) rings is 1. The standard InChI is InChI=1S/C28H32N8O6S/c1-33-11-3-2-7-22(33)34-12-10-17(26(34)38)13-16-8-9-19-23(27(39)35(19)24(16)28(40)41)32-21(37)14-31-42-20-6-4-5-18(20)25-30-15-43-36(25)29/h2-3,7,11,13-15,18-20,23,25H,4-6,8-10,12,29H2,1H3,(H-,32,37,40,41)/p+1/b17-13+,31-14-/t18?,19-,20?,23+,25?/m1/s1. The van der Waals surface area contributed by atoms with Crippen molar-refractivity contribution < 1.29 is 33.7 Å². The number of pyridine rings is 1. The number of aromatic nitrogens is 1. The predicted molar refractivity (Wildman–Crippen MR) is 156 cm³/mol. The van der Waals surface area contributed by atoms with Crippen molar-refractivity contribution in [3.05, 3.63) is 47.3 Å². The summed E-state index contributed by atoms with van der Waals surface area (Å²) in [4.78, 5) is 64.0. The lowest BCUT2D eigenvalue weighted by Crippen LogP contribution is -2.71. The molecule has 5 atom stereocenters. The molecule has 15 heteroatoms. The Hall–Kier alpha value is -4.08. The van der Waals surface area contributed by atoms with Crippen LogP contribution < -0.4 is 20.6 Å². The number of anilines is 1. The number of nitrogens with zero attached hydrogens (tertiary/aromatic N) is 6. The first kappa shape index (κ1) is 29.0. The molecule has 1 aromatic rings. The molecule has 0 aromatic carbocycles. The van der Waals surface area contributed by atoms with Crippen LogP contribution in [0.15, 0.2) is 57.5 Å². The summed E-state index contributed by atoms with van der Waals surface area (Å²) in [7, 11) is 1.85. The number of nitrogens with one attached hydrogen (secondary N) is 1. The predicted octanol–water partition coefficient (Wildman–Crippen LogP) is 0.365. The highest BCUT2D eigenvalue weighted by Gasteiger charge is 2.53. The van der Waals surface area contributed by atoms with Crippen molar-refractivity contribution in [3.63, 3.8) is 0 Å². The number of carbonyl (C=O) groups excluding carboxylic acids is 3. The molecule has 0 spiro atoms. The average molecular weight is 610 g/mol. The van der Waals surface area contributed by atoms with Crippen molar-refractivity contribution in [1.82, 2.24) is 14.6 Å². The van der Waals surface area contributed by atoms with Crippen LogP contribution in [0.3, 0.4) is 0 Å². The van der Waals surface area contributed by atoms with Gasteiger partial charge in [-0.15, -0.1) is 0 Å². The molecule has 43 heavy (non-hydrogen) atoms. The summed E-state index contributed by atoms with van der Waals surface area (Å²) in [6, 6.07) is 4.19. The van der Waals surface area contributed by atoms with E-state index in [9.17, 15) is 24.3 Å². The van der Waals surface area contributed by atoms with Gasteiger partial charge in [-0.2, -0.15) is 9.31 Å². The molecule has 3 fully saturated rings. The van der Waals surface area contributed by atoms with Crippen molar-refractivity contribution in [2.24, 2.45) is 29.0 Å². The number of rotatable bonds is 8. The van der Waals surface area contributed by atoms with Gasteiger partial charge in [-0.3, -0.25) is 25.3 Å². The van der Waals surface area contributed by atoms with Gasteiger partial charge >= 0.3 is 11.9 Å². The zero-order valence-corrected chi connectivity index (χ0v) is 24.4. The molecule has 1 aliphatic carbocycles. The number of oxime groups is 1. The van der Waals surface area contributed by atoms with E-state index >= 15 is 0 Å². The van der Waals surface area contributed by atoms with Gasteiger partial charge in [0.1, 0.15) is 30.2 Å². The van der Waals surface area contributed by atoms with Crippen LogP contribution in [0, 0.1) is 5.92 Å². The highest BCUT2D eigenvalue weighted by Crippen LogP contribution is 2.39. The maximum Gasteiger partial charge on any atom is 0.352 e. The maximum absolute atomic E-state index is 13.2. The van der Waals surface area contributed by atoms with Crippen LogP contribution in [-0.2, 0) is 31.1 Å². The minimum Gasteiger partial charge on any atom is -0.477 e. The number of nitrogens with two attached hydrogens (primary N) is 1. The molecule has 3 amide bonds. The molecular formula is C28H33N8O6S+. The lowest BCUT2D eigenvalue weighted by atomic mass is 9.83. The van der Waals surface area contributed by atoms with Crippen molar-refractivity contribution >= 4 is 53.2 Å². The number of aliphatic carboxylic acids is 1. The third-order valence-corrected chi connectivity index (χ3v) is 9.32. The van der Waals surface area contributed by atoms with Gasteiger partial charge in [-0.05, 0) is 61.8 Å². The van der Waals surface area contributed by atoms with Crippen LogP contribution in [0.4, 0.5) is 5.82 Å². The number of allylic oxidation sites excluding steroid dienone is 2. The molecule has 4 N–H and O–H groups in total. The molecule has 5 heterocycles. The number of fused-ring (bicyclic) bond motifs is 1. The van der Waals surface area contributed by atoms with Gasteiger partial charge < -0.3 is 15.3 Å². The lowest BCUT2D eigenvalue weighted by molar-refractivity contribution is -0.658. The van der Waals surface area contributed by atoms with Gasteiger partial charge in [-0.1, -0.05) is 11.2 Å². The summed E-state index contributed by atoms with van der Waals surface area (Å²) in [5, 5.41) is 16.5. The second-order valence-corrected chi connectivity index (χ2v) is 12.0. The van der Waals surface area contributed by atoms with Crippen LogP contribution in [-0.4, -0.2) is 80.8 Å². The highest BCUT2D eigenvalue weighted by atomic mass is 32.2. The third-order valence-electron chi connectivity index (χ3n) is 8.65. The molecule has 1 saturated carbocycles.